The summed E-state index contributed by atoms with van der Waals surface area (Å²) in [6.45, 7) is 0. The van der Waals surface area contributed by atoms with Gasteiger partial charge in [0.1, 0.15) is 17.1 Å². The maximum atomic E-state index is 12.6. The van der Waals surface area contributed by atoms with Crippen molar-refractivity contribution in [3.05, 3.63) is 94.8 Å². The molecule has 3 aromatic carbocycles. The molecule has 1 amide bonds. The Morgan fingerprint density at radius 1 is 0.897 bits per heavy atom. The molecule has 0 aliphatic carbocycles. The minimum absolute atomic E-state index is 0.0876. The molecule has 0 aliphatic heterocycles. The molecule has 1 heterocycles. The predicted octanol–water partition coefficient (Wildman–Crippen LogP) is 4.85. The summed E-state index contributed by atoms with van der Waals surface area (Å²) >= 11 is 0. The van der Waals surface area contributed by atoms with Crippen molar-refractivity contribution in [3.8, 4) is 17.2 Å². The van der Waals surface area contributed by atoms with Crippen LogP contribution in [0.5, 0.6) is 17.2 Å². The number of para-hydroxylation sites is 2. The van der Waals surface area contributed by atoms with Gasteiger partial charge >= 0.3 is 5.63 Å². The van der Waals surface area contributed by atoms with Crippen molar-refractivity contribution in [1.29, 1.82) is 0 Å². The van der Waals surface area contributed by atoms with Crippen molar-refractivity contribution < 1.29 is 18.7 Å². The highest BCUT2D eigenvalue weighted by atomic mass is 16.5. The van der Waals surface area contributed by atoms with Gasteiger partial charge in [-0.2, -0.15) is 0 Å². The zero-order chi connectivity index (χ0) is 20.2. The van der Waals surface area contributed by atoms with Gasteiger partial charge in [-0.1, -0.05) is 30.3 Å². The van der Waals surface area contributed by atoms with Crippen LogP contribution in [0.4, 0.5) is 5.69 Å². The van der Waals surface area contributed by atoms with Crippen LogP contribution in [0.2, 0.25) is 0 Å². The SMILES string of the molecule is COc1cccc2cc(C(=O)Nc3ccc(Oc4ccccc4)cc3)c(=O)oc12. The summed E-state index contributed by atoms with van der Waals surface area (Å²) in [5, 5.41) is 3.30. The van der Waals surface area contributed by atoms with E-state index in [9.17, 15) is 9.59 Å². The van der Waals surface area contributed by atoms with Crippen molar-refractivity contribution in [2.75, 3.05) is 12.4 Å². The Kier molecular flexibility index (Phi) is 4.99. The van der Waals surface area contributed by atoms with E-state index in [1.165, 1.54) is 13.2 Å². The van der Waals surface area contributed by atoms with E-state index in [1.807, 2.05) is 30.3 Å². The van der Waals surface area contributed by atoms with Crippen molar-refractivity contribution >= 4 is 22.6 Å². The van der Waals surface area contributed by atoms with Crippen molar-refractivity contribution in [3.63, 3.8) is 0 Å². The topological polar surface area (TPSA) is 77.8 Å². The number of nitrogens with one attached hydrogen (secondary N) is 1. The molecule has 29 heavy (non-hydrogen) atoms. The van der Waals surface area contributed by atoms with Crippen LogP contribution in [0.1, 0.15) is 10.4 Å². The first-order chi connectivity index (χ1) is 14.1. The summed E-state index contributed by atoms with van der Waals surface area (Å²) in [5.41, 5.74) is 0.0124. The molecule has 6 heteroatoms. The van der Waals surface area contributed by atoms with Crippen molar-refractivity contribution in [2.24, 2.45) is 0 Å². The number of hydrogen-bond acceptors (Lipinski definition) is 5. The van der Waals surface area contributed by atoms with Gasteiger partial charge in [0, 0.05) is 11.1 Å². The number of carbonyl (C=O) groups excluding carboxylic acids is 1. The molecule has 4 rings (SSSR count). The summed E-state index contributed by atoms with van der Waals surface area (Å²) < 4.78 is 16.2. The summed E-state index contributed by atoms with van der Waals surface area (Å²) in [6, 6.07) is 22.9. The first kappa shape index (κ1) is 18.3. The largest absolute Gasteiger partial charge is 0.493 e. The molecule has 0 unspecified atom stereocenters. The van der Waals surface area contributed by atoms with Crippen LogP contribution in [-0.2, 0) is 0 Å². The van der Waals surface area contributed by atoms with Crippen LogP contribution < -0.4 is 20.4 Å². The molecule has 0 fully saturated rings. The van der Waals surface area contributed by atoms with Crippen molar-refractivity contribution in [2.45, 2.75) is 0 Å². The number of hydrogen-bond donors (Lipinski definition) is 1. The second-order valence-electron chi connectivity index (χ2n) is 6.22. The number of fused-ring (bicyclic) bond motifs is 1. The molecule has 0 spiro atoms. The average molecular weight is 387 g/mol. The number of anilines is 1. The molecule has 0 atom stereocenters. The van der Waals surface area contributed by atoms with E-state index in [0.29, 0.717) is 33.9 Å². The molecule has 0 radical (unpaired) electrons. The highest BCUT2D eigenvalue weighted by molar-refractivity contribution is 6.05. The van der Waals surface area contributed by atoms with E-state index in [-0.39, 0.29) is 5.56 Å². The van der Waals surface area contributed by atoms with Crippen LogP contribution in [0.25, 0.3) is 11.0 Å². The lowest BCUT2D eigenvalue weighted by Gasteiger charge is -2.08. The molecule has 0 saturated carbocycles. The van der Waals surface area contributed by atoms with Gasteiger partial charge in [-0.15, -0.1) is 0 Å². The summed E-state index contributed by atoms with van der Waals surface area (Å²) in [6.07, 6.45) is 0. The number of ether oxygens (including phenoxy) is 2. The standard InChI is InChI=1S/C23H17NO5/c1-27-20-9-5-6-15-14-19(23(26)29-21(15)20)22(25)24-16-10-12-18(13-11-16)28-17-7-3-2-4-8-17/h2-14H,1H3,(H,24,25). The second kappa shape index (κ2) is 7.90. The maximum absolute atomic E-state index is 12.6. The molecule has 1 aromatic heterocycles. The molecule has 0 aliphatic rings. The molecule has 144 valence electrons. The molecule has 0 saturated heterocycles. The Bertz CT molecular complexity index is 1210. The third-order valence-electron chi connectivity index (χ3n) is 4.28. The van der Waals surface area contributed by atoms with Crippen molar-refractivity contribution in [1.82, 2.24) is 0 Å². The van der Waals surface area contributed by atoms with Gasteiger partial charge in [-0.3, -0.25) is 4.79 Å². The first-order valence-corrected chi connectivity index (χ1v) is 8.89. The fourth-order valence-corrected chi connectivity index (χ4v) is 2.87. The van der Waals surface area contributed by atoms with Crippen LogP contribution >= 0.6 is 0 Å². The van der Waals surface area contributed by atoms with E-state index < -0.39 is 11.5 Å². The van der Waals surface area contributed by atoms with E-state index in [4.69, 9.17) is 13.9 Å². The highest BCUT2D eigenvalue weighted by Gasteiger charge is 2.15. The molecule has 6 nitrogen and oxygen atoms in total. The zero-order valence-corrected chi connectivity index (χ0v) is 15.5. The van der Waals surface area contributed by atoms with E-state index in [1.54, 1.807) is 42.5 Å². The smallest absolute Gasteiger partial charge is 0.349 e. The van der Waals surface area contributed by atoms with E-state index >= 15 is 0 Å². The number of methoxy groups -OCH3 is 1. The van der Waals surface area contributed by atoms with Crippen LogP contribution in [0, 0.1) is 0 Å². The fraction of sp³-hybridized carbons (Fsp3) is 0.0435. The van der Waals surface area contributed by atoms with E-state index in [2.05, 4.69) is 5.32 Å². The number of carbonyl (C=O) groups is 1. The third kappa shape index (κ3) is 3.96. The van der Waals surface area contributed by atoms with Gasteiger partial charge in [-0.25, -0.2) is 4.79 Å². The van der Waals surface area contributed by atoms with Gasteiger partial charge in [0.2, 0.25) is 0 Å². The Hall–Kier alpha value is -4.06. The summed E-state index contributed by atoms with van der Waals surface area (Å²) in [7, 11) is 1.49. The Balaban J connectivity index is 1.53. The normalized spacial score (nSPS) is 10.5. The van der Waals surface area contributed by atoms with Gasteiger partial charge in [0.25, 0.3) is 5.91 Å². The maximum Gasteiger partial charge on any atom is 0.349 e. The fourth-order valence-electron chi connectivity index (χ4n) is 2.87. The van der Waals surface area contributed by atoms with Gasteiger partial charge in [-0.05, 0) is 48.5 Å². The Morgan fingerprint density at radius 3 is 2.34 bits per heavy atom. The second-order valence-corrected chi connectivity index (χ2v) is 6.22. The monoisotopic (exact) mass is 387 g/mol. The lowest BCUT2D eigenvalue weighted by Crippen LogP contribution is -2.20. The lowest BCUT2D eigenvalue weighted by molar-refractivity contribution is 0.102. The van der Waals surface area contributed by atoms with Crippen LogP contribution in [0.15, 0.2) is 88.1 Å². The quantitative estimate of drug-likeness (QED) is 0.496. The first-order valence-electron chi connectivity index (χ1n) is 8.89. The van der Waals surface area contributed by atoms with Gasteiger partial charge < -0.3 is 19.2 Å². The molecule has 0 bridgehead atoms. The molecule has 4 aromatic rings. The van der Waals surface area contributed by atoms with Gasteiger partial charge in [0.15, 0.2) is 11.3 Å². The zero-order valence-electron chi connectivity index (χ0n) is 15.5. The minimum atomic E-state index is -0.733. The minimum Gasteiger partial charge on any atom is -0.493 e. The lowest BCUT2D eigenvalue weighted by atomic mass is 10.1. The summed E-state index contributed by atoms with van der Waals surface area (Å²) in [4.78, 5) is 24.9. The summed E-state index contributed by atoms with van der Waals surface area (Å²) in [5.74, 6) is 1.22. The third-order valence-corrected chi connectivity index (χ3v) is 4.28. The molecule has 1 N–H and O–H groups in total. The molecular weight excluding hydrogens is 370 g/mol. The Labute approximate surface area is 166 Å². The van der Waals surface area contributed by atoms with Crippen LogP contribution in [0.3, 0.4) is 0 Å². The van der Waals surface area contributed by atoms with Crippen LogP contribution in [-0.4, -0.2) is 13.0 Å². The number of amides is 1. The van der Waals surface area contributed by atoms with E-state index in [0.717, 1.165) is 0 Å². The number of rotatable bonds is 5. The highest BCUT2D eigenvalue weighted by Crippen LogP contribution is 2.25. The number of benzene rings is 3. The van der Waals surface area contributed by atoms with Gasteiger partial charge in [0.05, 0.1) is 7.11 Å². The average Bonchev–Trinajstić information content (AvgIpc) is 2.75. The Morgan fingerprint density at radius 2 is 1.62 bits per heavy atom. The predicted molar refractivity (Wildman–Crippen MR) is 110 cm³/mol. The molecular formula is C23H17NO5.